The number of amides is 1. The lowest BCUT2D eigenvalue weighted by molar-refractivity contribution is -0.133. The van der Waals surface area contributed by atoms with Crippen molar-refractivity contribution in [3.05, 3.63) is 63.3 Å². The number of aryl methyl sites for hydroxylation is 1. The topological polar surface area (TPSA) is 85.4 Å². The molecule has 1 heterocycles. The minimum atomic E-state index is -0.134. The van der Waals surface area contributed by atoms with Gasteiger partial charge in [-0.25, -0.2) is 0 Å². The molecule has 1 aliphatic carbocycles. The minimum Gasteiger partial charge on any atom is -0.506 e. The van der Waals surface area contributed by atoms with Crippen molar-refractivity contribution in [3.8, 4) is 5.75 Å². The number of hydrogen-bond donors (Lipinski definition) is 3. The first kappa shape index (κ1) is 27.4. The summed E-state index contributed by atoms with van der Waals surface area (Å²) in [6.07, 6.45) is 12.7. The average Bonchev–Trinajstić information content (AvgIpc) is 3.12. The van der Waals surface area contributed by atoms with Gasteiger partial charge in [0.2, 0.25) is 5.91 Å². The van der Waals surface area contributed by atoms with Gasteiger partial charge in [-0.15, -0.1) is 0 Å². The summed E-state index contributed by atoms with van der Waals surface area (Å²) in [4.78, 5) is 29.8. The lowest BCUT2D eigenvalue weighted by Gasteiger charge is -2.31. The maximum absolute atomic E-state index is 13.3. The number of thiazole rings is 1. The molecule has 37 heavy (non-hydrogen) atoms. The van der Waals surface area contributed by atoms with Crippen LogP contribution in [0.15, 0.2) is 47.3 Å². The van der Waals surface area contributed by atoms with Gasteiger partial charge in [-0.1, -0.05) is 79.8 Å². The van der Waals surface area contributed by atoms with E-state index in [1.54, 1.807) is 6.07 Å². The van der Waals surface area contributed by atoms with Crippen LogP contribution in [-0.2, 0) is 17.6 Å². The number of aromatic nitrogens is 1. The average molecular weight is 524 g/mol. The van der Waals surface area contributed by atoms with Crippen molar-refractivity contribution < 1.29 is 9.90 Å². The lowest BCUT2D eigenvalue weighted by atomic mass is 10.0. The van der Waals surface area contributed by atoms with Gasteiger partial charge in [-0.2, -0.15) is 0 Å². The van der Waals surface area contributed by atoms with E-state index in [2.05, 4.69) is 39.5 Å². The molecule has 0 bridgehead atoms. The van der Waals surface area contributed by atoms with Crippen molar-refractivity contribution in [1.29, 1.82) is 0 Å². The number of nitrogens with one attached hydrogen (secondary N) is 2. The fourth-order valence-corrected chi connectivity index (χ4v) is 6.36. The number of aromatic amines is 1. The van der Waals surface area contributed by atoms with Gasteiger partial charge in [-0.05, 0) is 62.3 Å². The number of fused-ring (bicyclic) bond motifs is 1. The zero-order valence-corrected chi connectivity index (χ0v) is 22.7. The van der Waals surface area contributed by atoms with Crippen LogP contribution in [0, 0.1) is 0 Å². The molecule has 4 rings (SSSR count). The number of phenols is 1. The highest BCUT2D eigenvalue weighted by Gasteiger charge is 2.24. The van der Waals surface area contributed by atoms with E-state index in [1.165, 1.54) is 42.6 Å². The van der Waals surface area contributed by atoms with Crippen LogP contribution >= 0.6 is 11.3 Å². The van der Waals surface area contributed by atoms with Crippen molar-refractivity contribution in [2.75, 3.05) is 19.6 Å². The Morgan fingerprint density at radius 1 is 0.973 bits per heavy atom. The van der Waals surface area contributed by atoms with Crippen LogP contribution in [-0.4, -0.2) is 46.6 Å². The highest BCUT2D eigenvalue weighted by Crippen LogP contribution is 2.29. The Bertz CT molecular complexity index is 1170. The number of H-pyrrole nitrogens is 1. The van der Waals surface area contributed by atoms with Crippen molar-refractivity contribution in [1.82, 2.24) is 15.2 Å². The van der Waals surface area contributed by atoms with Gasteiger partial charge in [0.05, 0.1) is 4.70 Å². The van der Waals surface area contributed by atoms with Crippen LogP contribution in [0.4, 0.5) is 0 Å². The molecule has 0 radical (unpaired) electrons. The first-order valence-corrected chi connectivity index (χ1v) is 14.8. The second-order valence-electron chi connectivity index (χ2n) is 10.2. The normalized spacial score (nSPS) is 14.6. The van der Waals surface area contributed by atoms with Crippen molar-refractivity contribution >= 4 is 27.5 Å². The Labute approximate surface area is 224 Å². The van der Waals surface area contributed by atoms with Crippen LogP contribution in [0.1, 0.15) is 75.3 Å². The molecule has 1 saturated carbocycles. The number of benzene rings is 2. The number of carbonyl (C=O) groups is 1. The smallest absolute Gasteiger partial charge is 0.305 e. The zero-order valence-electron chi connectivity index (χ0n) is 21.8. The number of aromatic hydroxyl groups is 1. The summed E-state index contributed by atoms with van der Waals surface area (Å²) < 4.78 is 0.861. The van der Waals surface area contributed by atoms with E-state index in [4.69, 9.17) is 0 Å². The van der Waals surface area contributed by atoms with Gasteiger partial charge < -0.3 is 20.3 Å². The van der Waals surface area contributed by atoms with Gasteiger partial charge >= 0.3 is 4.87 Å². The fraction of sp³-hybridized carbons (Fsp3) is 0.533. The fourth-order valence-electron chi connectivity index (χ4n) is 5.47. The van der Waals surface area contributed by atoms with Crippen molar-refractivity contribution in [2.45, 2.75) is 83.1 Å². The van der Waals surface area contributed by atoms with Gasteiger partial charge in [0.25, 0.3) is 0 Å². The summed E-state index contributed by atoms with van der Waals surface area (Å²) in [5.41, 5.74) is 2.98. The molecule has 1 fully saturated rings. The molecule has 3 aromatic rings. The third-order valence-corrected chi connectivity index (χ3v) is 8.48. The zero-order chi connectivity index (χ0) is 25.9. The molecule has 3 N–H and O–H groups in total. The Kier molecular flexibility index (Phi) is 10.6. The molecule has 0 spiro atoms. The molecule has 0 aliphatic heterocycles. The van der Waals surface area contributed by atoms with Crippen LogP contribution < -0.4 is 10.2 Å². The summed E-state index contributed by atoms with van der Waals surface area (Å²) in [7, 11) is 0. The van der Waals surface area contributed by atoms with Gasteiger partial charge in [-0.3, -0.25) is 9.59 Å². The molecule has 1 aromatic heterocycles. The van der Waals surface area contributed by atoms with E-state index in [-0.39, 0.29) is 16.5 Å². The lowest BCUT2D eigenvalue weighted by Crippen LogP contribution is -2.42. The Morgan fingerprint density at radius 3 is 2.54 bits per heavy atom. The molecular formula is C30H41N3O3S. The van der Waals surface area contributed by atoms with E-state index < -0.39 is 0 Å². The molecule has 1 aliphatic rings. The Morgan fingerprint density at radius 2 is 1.76 bits per heavy atom. The van der Waals surface area contributed by atoms with Crippen LogP contribution in [0.5, 0.6) is 5.75 Å². The highest BCUT2D eigenvalue weighted by atomic mass is 32.1. The van der Waals surface area contributed by atoms with Crippen LogP contribution in [0.2, 0.25) is 0 Å². The molecule has 6 nitrogen and oxygen atoms in total. The van der Waals surface area contributed by atoms with Crippen LogP contribution in [0.3, 0.4) is 0 Å². The molecule has 1 amide bonds. The predicted molar refractivity (Wildman–Crippen MR) is 153 cm³/mol. The monoisotopic (exact) mass is 523 g/mol. The van der Waals surface area contributed by atoms with E-state index in [9.17, 15) is 14.7 Å². The maximum atomic E-state index is 13.3. The number of unbranched alkanes of at least 4 members (excludes halogenated alkanes) is 2. The second-order valence-corrected chi connectivity index (χ2v) is 11.2. The minimum absolute atomic E-state index is 0.129. The van der Waals surface area contributed by atoms with Crippen molar-refractivity contribution in [2.24, 2.45) is 0 Å². The summed E-state index contributed by atoms with van der Waals surface area (Å²) in [5.74, 6) is 0.417. The first-order chi connectivity index (χ1) is 18.1. The Hall–Kier alpha value is -2.64. The largest absolute Gasteiger partial charge is 0.506 e. The summed E-state index contributed by atoms with van der Waals surface area (Å²) in [6.45, 7) is 2.45. The third-order valence-electron chi connectivity index (χ3n) is 7.52. The number of rotatable bonds is 13. The standard InChI is InChI=1S/C30H41N3O3S/c34-26-17-16-24(29-28(26)32-30(36)37-29)13-7-4-10-22-33(25-14-8-1-2-9-15-25)27(35)19-21-31-20-18-23-11-5-3-6-12-23/h3,5-6,11-12,16-17,25,31,34H,1-2,4,7-10,13-15,18-22H2,(H,32,36). The third kappa shape index (κ3) is 8.17. The molecule has 0 saturated heterocycles. The van der Waals surface area contributed by atoms with Crippen LogP contribution in [0.25, 0.3) is 10.2 Å². The van der Waals surface area contributed by atoms with E-state index in [0.717, 1.165) is 74.8 Å². The molecule has 2 aromatic carbocycles. The molecular weight excluding hydrogens is 482 g/mol. The quantitative estimate of drug-likeness (QED) is 0.196. The molecule has 200 valence electrons. The highest BCUT2D eigenvalue weighted by molar-refractivity contribution is 7.16. The summed E-state index contributed by atoms with van der Waals surface area (Å²) in [5, 5.41) is 13.5. The Balaban J connectivity index is 1.24. The first-order valence-electron chi connectivity index (χ1n) is 14.0. The number of carbonyl (C=O) groups excluding carboxylic acids is 1. The molecule has 7 heteroatoms. The molecule has 0 unspecified atom stereocenters. The summed E-state index contributed by atoms with van der Waals surface area (Å²) >= 11 is 1.17. The summed E-state index contributed by atoms with van der Waals surface area (Å²) in [6, 6.07) is 14.4. The SMILES string of the molecule is O=C(CCNCCc1ccccc1)N(CCCCCc1ccc(O)c2[nH]c(=O)sc12)C1CCCCCC1. The van der Waals surface area contributed by atoms with E-state index in [1.807, 2.05) is 12.1 Å². The second kappa shape index (κ2) is 14.3. The number of phenolic OH excluding ortho intramolecular Hbond substituents is 1. The number of hydrogen-bond acceptors (Lipinski definition) is 5. The van der Waals surface area contributed by atoms with Gasteiger partial charge in [0.15, 0.2) is 0 Å². The number of nitrogens with zero attached hydrogens (tertiary/aromatic N) is 1. The van der Waals surface area contributed by atoms with Gasteiger partial charge in [0, 0.05) is 25.6 Å². The van der Waals surface area contributed by atoms with E-state index >= 15 is 0 Å². The maximum Gasteiger partial charge on any atom is 0.305 e. The van der Waals surface area contributed by atoms with Crippen molar-refractivity contribution in [3.63, 3.8) is 0 Å². The molecule has 0 atom stereocenters. The van der Waals surface area contributed by atoms with Gasteiger partial charge in [0.1, 0.15) is 11.3 Å². The predicted octanol–water partition coefficient (Wildman–Crippen LogP) is 5.78. The van der Waals surface area contributed by atoms with E-state index in [0.29, 0.717) is 18.0 Å².